The van der Waals surface area contributed by atoms with Crippen molar-refractivity contribution < 1.29 is 9.53 Å². The van der Waals surface area contributed by atoms with Crippen molar-refractivity contribution >= 4 is 45.5 Å². The first-order chi connectivity index (χ1) is 11.7. The number of thiophene rings is 1. The number of amides is 1. The van der Waals surface area contributed by atoms with Gasteiger partial charge in [0.2, 0.25) is 5.91 Å². The van der Waals surface area contributed by atoms with E-state index in [4.69, 9.17) is 4.74 Å². The Kier molecular flexibility index (Phi) is 6.65. The number of benzene rings is 1. The van der Waals surface area contributed by atoms with Gasteiger partial charge in [-0.25, -0.2) is 0 Å². The minimum Gasteiger partial charge on any atom is -0.377 e. The van der Waals surface area contributed by atoms with E-state index in [1.54, 1.807) is 11.3 Å². The molecular weight excluding hydrogens is 435 g/mol. The van der Waals surface area contributed by atoms with Crippen LogP contribution in [0.4, 0.5) is 5.69 Å². The summed E-state index contributed by atoms with van der Waals surface area (Å²) >= 11 is 3.98. The average molecular weight is 456 g/mol. The van der Waals surface area contributed by atoms with E-state index in [-0.39, 0.29) is 12.0 Å². The van der Waals surface area contributed by atoms with Gasteiger partial charge in [0.15, 0.2) is 0 Å². The summed E-state index contributed by atoms with van der Waals surface area (Å²) in [7, 11) is 0. The highest BCUT2D eigenvalue weighted by atomic mass is 127. The molecule has 0 spiro atoms. The summed E-state index contributed by atoms with van der Waals surface area (Å²) in [6.07, 6.45) is 2.45. The molecule has 0 radical (unpaired) electrons. The number of hydrogen-bond donors (Lipinski definition) is 1. The molecule has 1 atom stereocenters. The Balaban J connectivity index is 1.58. The molecule has 3 rings (SSSR count). The SMILES string of the molecule is O=C(CN(Cc1cccs1)C[C@H]1CCCO1)Nc1ccc(I)cc1. The van der Waals surface area contributed by atoms with Crippen LogP contribution >= 0.6 is 33.9 Å². The Morgan fingerprint density at radius 1 is 1.33 bits per heavy atom. The molecule has 1 amide bonds. The number of carbonyl (C=O) groups excluding carboxylic acids is 1. The normalized spacial score (nSPS) is 17.3. The van der Waals surface area contributed by atoms with Gasteiger partial charge in [0.25, 0.3) is 0 Å². The average Bonchev–Trinajstić information content (AvgIpc) is 3.23. The predicted octanol–water partition coefficient (Wildman–Crippen LogP) is 3.97. The van der Waals surface area contributed by atoms with Gasteiger partial charge in [-0.1, -0.05) is 6.07 Å². The van der Waals surface area contributed by atoms with E-state index in [0.717, 1.165) is 41.8 Å². The fourth-order valence-corrected chi connectivity index (χ4v) is 3.93. The third kappa shape index (κ3) is 5.54. The van der Waals surface area contributed by atoms with Crippen molar-refractivity contribution in [3.8, 4) is 0 Å². The highest BCUT2D eigenvalue weighted by Crippen LogP contribution is 2.17. The maximum absolute atomic E-state index is 12.4. The Morgan fingerprint density at radius 2 is 2.17 bits per heavy atom. The number of nitrogens with one attached hydrogen (secondary N) is 1. The van der Waals surface area contributed by atoms with Crippen LogP contribution in [-0.2, 0) is 16.1 Å². The van der Waals surface area contributed by atoms with Gasteiger partial charge in [0.05, 0.1) is 12.6 Å². The second kappa shape index (κ2) is 8.94. The summed E-state index contributed by atoms with van der Waals surface area (Å²) in [5.74, 6) is 0.0192. The number of nitrogens with zero attached hydrogens (tertiary/aromatic N) is 1. The summed E-state index contributed by atoms with van der Waals surface area (Å²) in [5.41, 5.74) is 0.841. The third-order valence-corrected chi connectivity index (χ3v) is 5.52. The smallest absolute Gasteiger partial charge is 0.238 e. The highest BCUT2D eigenvalue weighted by molar-refractivity contribution is 14.1. The van der Waals surface area contributed by atoms with Gasteiger partial charge in [-0.2, -0.15) is 0 Å². The quantitative estimate of drug-likeness (QED) is 0.642. The minimum absolute atomic E-state index is 0.0192. The minimum atomic E-state index is 0.0192. The van der Waals surface area contributed by atoms with Gasteiger partial charge in [0.1, 0.15) is 0 Å². The van der Waals surface area contributed by atoms with Crippen LogP contribution in [-0.4, -0.2) is 36.6 Å². The highest BCUT2D eigenvalue weighted by Gasteiger charge is 2.21. The van der Waals surface area contributed by atoms with Crippen LogP contribution in [0.15, 0.2) is 41.8 Å². The van der Waals surface area contributed by atoms with Crippen LogP contribution in [0.25, 0.3) is 0 Å². The molecular formula is C18H21IN2O2S. The predicted molar refractivity (Wildman–Crippen MR) is 106 cm³/mol. The molecule has 1 aliphatic heterocycles. The van der Waals surface area contributed by atoms with Crippen molar-refractivity contribution in [2.75, 3.05) is 25.0 Å². The van der Waals surface area contributed by atoms with E-state index in [9.17, 15) is 4.79 Å². The lowest BCUT2D eigenvalue weighted by atomic mass is 10.2. The molecule has 0 unspecified atom stereocenters. The van der Waals surface area contributed by atoms with E-state index < -0.39 is 0 Å². The Labute approximate surface area is 160 Å². The van der Waals surface area contributed by atoms with Crippen molar-refractivity contribution in [2.45, 2.75) is 25.5 Å². The maximum Gasteiger partial charge on any atom is 0.238 e. The van der Waals surface area contributed by atoms with Crippen LogP contribution < -0.4 is 5.32 Å². The van der Waals surface area contributed by atoms with Crippen LogP contribution in [0.3, 0.4) is 0 Å². The molecule has 1 aromatic heterocycles. The third-order valence-electron chi connectivity index (χ3n) is 3.94. The molecule has 0 bridgehead atoms. The van der Waals surface area contributed by atoms with Crippen LogP contribution in [0.1, 0.15) is 17.7 Å². The second-order valence-corrected chi connectivity index (χ2v) is 8.22. The monoisotopic (exact) mass is 456 g/mol. The van der Waals surface area contributed by atoms with Gasteiger partial charge in [-0.15, -0.1) is 11.3 Å². The molecule has 24 heavy (non-hydrogen) atoms. The van der Waals surface area contributed by atoms with Crippen molar-refractivity contribution in [3.63, 3.8) is 0 Å². The van der Waals surface area contributed by atoms with E-state index in [0.29, 0.717) is 6.54 Å². The van der Waals surface area contributed by atoms with Gasteiger partial charge in [0, 0.05) is 33.8 Å². The lowest BCUT2D eigenvalue weighted by Crippen LogP contribution is -2.37. The molecule has 4 nitrogen and oxygen atoms in total. The number of rotatable bonds is 7. The van der Waals surface area contributed by atoms with E-state index in [2.05, 4.69) is 50.3 Å². The number of ether oxygens (including phenoxy) is 1. The topological polar surface area (TPSA) is 41.6 Å². The molecule has 1 N–H and O–H groups in total. The number of carbonyl (C=O) groups is 1. The Hall–Kier alpha value is -0.960. The molecule has 1 aliphatic rings. The summed E-state index contributed by atoms with van der Waals surface area (Å²) in [6.45, 7) is 2.81. The molecule has 1 aromatic carbocycles. The van der Waals surface area contributed by atoms with Crippen molar-refractivity contribution in [1.29, 1.82) is 0 Å². The Bertz CT molecular complexity index is 640. The van der Waals surface area contributed by atoms with Crippen molar-refractivity contribution in [3.05, 3.63) is 50.2 Å². The first-order valence-electron chi connectivity index (χ1n) is 8.11. The standard InChI is InChI=1S/C18H21IN2O2S/c19-14-5-7-15(8-6-14)20-18(22)13-21(11-16-3-1-9-23-16)12-17-4-2-10-24-17/h2,4-8,10,16H,1,3,9,11-13H2,(H,20,22)/t16-/m1/s1. The van der Waals surface area contributed by atoms with Gasteiger partial charge >= 0.3 is 0 Å². The molecule has 128 valence electrons. The first kappa shape index (κ1) is 17.8. The van der Waals surface area contributed by atoms with Gasteiger partial charge < -0.3 is 10.1 Å². The molecule has 0 aliphatic carbocycles. The van der Waals surface area contributed by atoms with E-state index in [1.165, 1.54) is 4.88 Å². The first-order valence-corrected chi connectivity index (χ1v) is 10.1. The summed E-state index contributed by atoms with van der Waals surface area (Å²) in [5, 5.41) is 5.06. The fraction of sp³-hybridized carbons (Fsp3) is 0.389. The zero-order valence-electron chi connectivity index (χ0n) is 13.4. The van der Waals surface area contributed by atoms with Crippen LogP contribution in [0.2, 0.25) is 0 Å². The molecule has 2 aromatic rings. The van der Waals surface area contributed by atoms with E-state index in [1.807, 2.05) is 24.3 Å². The summed E-state index contributed by atoms with van der Waals surface area (Å²) in [4.78, 5) is 15.9. The van der Waals surface area contributed by atoms with E-state index >= 15 is 0 Å². The Morgan fingerprint density at radius 3 is 2.83 bits per heavy atom. The maximum atomic E-state index is 12.4. The second-order valence-electron chi connectivity index (χ2n) is 5.94. The number of halogens is 1. The zero-order chi connectivity index (χ0) is 16.8. The van der Waals surface area contributed by atoms with Crippen molar-refractivity contribution in [2.24, 2.45) is 0 Å². The lowest BCUT2D eigenvalue weighted by Gasteiger charge is -2.24. The summed E-state index contributed by atoms with van der Waals surface area (Å²) < 4.78 is 6.90. The van der Waals surface area contributed by atoms with Crippen molar-refractivity contribution in [1.82, 2.24) is 4.90 Å². The van der Waals surface area contributed by atoms with Crippen LogP contribution in [0.5, 0.6) is 0 Å². The van der Waals surface area contributed by atoms with Gasteiger partial charge in [-0.05, 0) is 71.1 Å². The molecule has 1 saturated heterocycles. The molecule has 0 saturated carbocycles. The molecule has 6 heteroatoms. The summed E-state index contributed by atoms with van der Waals surface area (Å²) in [6, 6.07) is 12.0. The zero-order valence-corrected chi connectivity index (χ0v) is 16.4. The number of anilines is 1. The van der Waals surface area contributed by atoms with Gasteiger partial charge in [-0.3, -0.25) is 9.69 Å². The lowest BCUT2D eigenvalue weighted by molar-refractivity contribution is -0.117. The van der Waals surface area contributed by atoms with Crippen LogP contribution in [0, 0.1) is 3.57 Å². The molecule has 2 heterocycles. The fourth-order valence-electron chi connectivity index (χ4n) is 2.82. The molecule has 1 fully saturated rings. The largest absolute Gasteiger partial charge is 0.377 e. The number of hydrogen-bond acceptors (Lipinski definition) is 4.